The third-order valence-corrected chi connectivity index (χ3v) is 3.38. The van der Waals surface area contributed by atoms with Crippen LogP contribution in [0.15, 0.2) is 36.7 Å². The molecule has 5 nitrogen and oxygen atoms in total. The van der Waals surface area contributed by atoms with Crippen molar-refractivity contribution in [2.24, 2.45) is 0 Å². The van der Waals surface area contributed by atoms with Gasteiger partial charge in [0, 0.05) is 18.0 Å². The molecule has 0 fully saturated rings. The number of ether oxygens (including phenoxy) is 2. The maximum Gasteiger partial charge on any atom is 0.231 e. The highest BCUT2D eigenvalue weighted by atomic mass is 16.7. The normalized spacial score (nSPS) is 13.1. The van der Waals surface area contributed by atoms with Crippen molar-refractivity contribution in [3.63, 3.8) is 0 Å². The summed E-state index contributed by atoms with van der Waals surface area (Å²) >= 11 is 0. The molecule has 1 aliphatic heterocycles. The molecule has 1 aliphatic rings. The first-order valence-corrected chi connectivity index (χ1v) is 6.35. The Kier molecular flexibility index (Phi) is 2.18. The Labute approximate surface area is 115 Å². The van der Waals surface area contributed by atoms with Crippen molar-refractivity contribution in [2.45, 2.75) is 6.92 Å². The number of pyridine rings is 1. The Bertz CT molecular complexity index is 823. The van der Waals surface area contributed by atoms with Gasteiger partial charge in [-0.2, -0.15) is 0 Å². The first-order valence-electron chi connectivity index (χ1n) is 6.35. The van der Waals surface area contributed by atoms with Gasteiger partial charge >= 0.3 is 0 Å². The topological polar surface area (TPSA) is 61.8 Å². The number of aryl methyl sites for hydroxylation is 1. The number of hydrogen-bond acceptors (Lipinski definition) is 4. The zero-order chi connectivity index (χ0) is 13.7. The number of rotatable bonds is 1. The Morgan fingerprint density at radius 2 is 2.00 bits per heavy atom. The maximum atomic E-state index is 6.01. The maximum absolute atomic E-state index is 6.01. The Morgan fingerprint density at radius 1 is 1.15 bits per heavy atom. The molecular weight excluding hydrogens is 254 g/mol. The second-order valence-corrected chi connectivity index (χ2v) is 4.90. The van der Waals surface area contributed by atoms with Gasteiger partial charge in [0.15, 0.2) is 17.1 Å². The second kappa shape index (κ2) is 3.90. The molecule has 4 rings (SSSR count). The molecule has 2 aromatic heterocycles. The summed E-state index contributed by atoms with van der Waals surface area (Å²) in [7, 11) is 0. The van der Waals surface area contributed by atoms with E-state index in [-0.39, 0.29) is 6.79 Å². The first-order chi connectivity index (χ1) is 9.70. The van der Waals surface area contributed by atoms with Gasteiger partial charge in [-0.05, 0) is 36.8 Å². The van der Waals surface area contributed by atoms with Crippen LogP contribution in [0.4, 0.5) is 5.69 Å². The summed E-state index contributed by atoms with van der Waals surface area (Å²) in [6, 6.07) is 7.73. The van der Waals surface area contributed by atoms with Gasteiger partial charge < -0.3 is 19.6 Å². The SMILES string of the molecule is Cc1cc(N)c2nc(-c3ccc4c(c3)OCO4)cn2c1. The van der Waals surface area contributed by atoms with Gasteiger partial charge in [-0.15, -0.1) is 0 Å². The molecule has 0 spiro atoms. The standard InChI is InChI=1S/C15H13N3O2/c1-9-4-11(16)15-17-12(7-18(15)6-9)10-2-3-13-14(5-10)20-8-19-13/h2-7H,8,16H2,1H3. The Balaban J connectivity index is 1.88. The predicted molar refractivity (Wildman–Crippen MR) is 75.9 cm³/mol. The molecule has 3 heterocycles. The molecule has 0 aliphatic carbocycles. The number of nitrogen functional groups attached to an aromatic ring is 1. The zero-order valence-corrected chi connectivity index (χ0v) is 11.0. The van der Waals surface area contributed by atoms with Crippen LogP contribution in [0.5, 0.6) is 11.5 Å². The first kappa shape index (κ1) is 11.2. The van der Waals surface area contributed by atoms with Gasteiger partial charge in [0.1, 0.15) is 0 Å². The van der Waals surface area contributed by atoms with Crippen molar-refractivity contribution in [1.29, 1.82) is 0 Å². The van der Waals surface area contributed by atoms with Gasteiger partial charge in [-0.25, -0.2) is 4.98 Å². The largest absolute Gasteiger partial charge is 0.454 e. The minimum Gasteiger partial charge on any atom is -0.454 e. The summed E-state index contributed by atoms with van der Waals surface area (Å²) in [5.41, 5.74) is 10.4. The number of fused-ring (bicyclic) bond motifs is 2. The molecule has 5 heteroatoms. The monoisotopic (exact) mass is 267 g/mol. The smallest absolute Gasteiger partial charge is 0.231 e. The molecular formula is C15H13N3O2. The number of benzene rings is 1. The molecule has 0 radical (unpaired) electrons. The van der Waals surface area contributed by atoms with E-state index in [9.17, 15) is 0 Å². The summed E-state index contributed by atoms with van der Waals surface area (Å²) in [6.45, 7) is 2.28. The van der Waals surface area contributed by atoms with Crippen molar-refractivity contribution >= 4 is 11.3 Å². The molecule has 0 unspecified atom stereocenters. The van der Waals surface area contributed by atoms with E-state index < -0.39 is 0 Å². The van der Waals surface area contributed by atoms with Crippen molar-refractivity contribution in [2.75, 3.05) is 12.5 Å². The second-order valence-electron chi connectivity index (χ2n) is 4.90. The quantitative estimate of drug-likeness (QED) is 0.736. The lowest BCUT2D eigenvalue weighted by molar-refractivity contribution is 0.174. The van der Waals surface area contributed by atoms with E-state index in [0.717, 1.165) is 34.0 Å². The molecule has 0 saturated heterocycles. The van der Waals surface area contributed by atoms with Crippen LogP contribution in [0.2, 0.25) is 0 Å². The molecule has 3 aromatic rings. The Morgan fingerprint density at radius 3 is 2.90 bits per heavy atom. The third-order valence-electron chi connectivity index (χ3n) is 3.38. The number of anilines is 1. The number of hydrogen-bond donors (Lipinski definition) is 1. The van der Waals surface area contributed by atoms with Crippen LogP contribution < -0.4 is 15.2 Å². The minimum absolute atomic E-state index is 0.274. The lowest BCUT2D eigenvalue weighted by atomic mass is 10.1. The van der Waals surface area contributed by atoms with Crippen LogP contribution in [-0.2, 0) is 0 Å². The Hall–Kier alpha value is -2.69. The molecule has 20 heavy (non-hydrogen) atoms. The predicted octanol–water partition coefficient (Wildman–Crippen LogP) is 2.62. The number of nitrogens with two attached hydrogens (primary N) is 1. The van der Waals surface area contributed by atoms with Crippen LogP contribution in [0, 0.1) is 6.92 Å². The van der Waals surface area contributed by atoms with E-state index in [1.54, 1.807) is 0 Å². The van der Waals surface area contributed by atoms with E-state index in [0.29, 0.717) is 5.69 Å². The fraction of sp³-hybridized carbons (Fsp3) is 0.133. The lowest BCUT2D eigenvalue weighted by Gasteiger charge is -1.99. The van der Waals surface area contributed by atoms with E-state index >= 15 is 0 Å². The zero-order valence-electron chi connectivity index (χ0n) is 11.0. The molecule has 0 saturated carbocycles. The molecule has 0 atom stereocenters. The summed E-state index contributed by atoms with van der Waals surface area (Å²) < 4.78 is 12.7. The minimum atomic E-state index is 0.274. The molecule has 0 amide bonds. The van der Waals surface area contributed by atoms with Crippen LogP contribution >= 0.6 is 0 Å². The van der Waals surface area contributed by atoms with Gasteiger partial charge in [0.25, 0.3) is 0 Å². The van der Waals surface area contributed by atoms with Crippen LogP contribution in [0.3, 0.4) is 0 Å². The average molecular weight is 267 g/mol. The average Bonchev–Trinajstić information content (AvgIpc) is 3.03. The van der Waals surface area contributed by atoms with Crippen molar-refractivity contribution < 1.29 is 9.47 Å². The van der Waals surface area contributed by atoms with Crippen LogP contribution in [-0.4, -0.2) is 16.2 Å². The fourth-order valence-corrected chi connectivity index (χ4v) is 2.47. The van der Waals surface area contributed by atoms with E-state index in [1.165, 1.54) is 0 Å². The van der Waals surface area contributed by atoms with Crippen molar-refractivity contribution in [3.8, 4) is 22.8 Å². The number of nitrogens with zero attached hydrogens (tertiary/aromatic N) is 2. The van der Waals surface area contributed by atoms with Crippen molar-refractivity contribution in [3.05, 3.63) is 42.2 Å². The lowest BCUT2D eigenvalue weighted by Crippen LogP contribution is -1.93. The van der Waals surface area contributed by atoms with Gasteiger partial charge in [-0.3, -0.25) is 0 Å². The van der Waals surface area contributed by atoms with Crippen molar-refractivity contribution in [1.82, 2.24) is 9.38 Å². The summed E-state index contributed by atoms with van der Waals surface area (Å²) in [5, 5.41) is 0. The fourth-order valence-electron chi connectivity index (χ4n) is 2.47. The highest BCUT2D eigenvalue weighted by Gasteiger charge is 2.15. The number of aromatic nitrogens is 2. The third kappa shape index (κ3) is 1.60. The molecule has 1 aromatic carbocycles. The van der Waals surface area contributed by atoms with Crippen LogP contribution in [0.1, 0.15) is 5.56 Å². The number of imidazole rings is 1. The van der Waals surface area contributed by atoms with Gasteiger partial charge in [0.2, 0.25) is 6.79 Å². The van der Waals surface area contributed by atoms with E-state index in [2.05, 4.69) is 4.98 Å². The van der Waals surface area contributed by atoms with Gasteiger partial charge in [-0.1, -0.05) is 0 Å². The molecule has 2 N–H and O–H groups in total. The molecule has 100 valence electrons. The van der Waals surface area contributed by atoms with E-state index in [4.69, 9.17) is 15.2 Å². The molecule has 0 bridgehead atoms. The summed E-state index contributed by atoms with van der Waals surface area (Å²) in [5.74, 6) is 1.52. The summed E-state index contributed by atoms with van der Waals surface area (Å²) in [4.78, 5) is 4.59. The van der Waals surface area contributed by atoms with E-state index in [1.807, 2.05) is 48.0 Å². The highest BCUT2D eigenvalue weighted by Crippen LogP contribution is 2.35. The highest BCUT2D eigenvalue weighted by molar-refractivity contribution is 5.72. The summed E-state index contributed by atoms with van der Waals surface area (Å²) in [6.07, 6.45) is 3.98. The van der Waals surface area contributed by atoms with Gasteiger partial charge in [0.05, 0.1) is 11.4 Å². The van der Waals surface area contributed by atoms with Crippen LogP contribution in [0.25, 0.3) is 16.9 Å².